The van der Waals surface area contributed by atoms with Crippen LogP contribution in [0.5, 0.6) is 0 Å². The van der Waals surface area contributed by atoms with Crippen LogP contribution >= 0.6 is 11.6 Å². The predicted molar refractivity (Wildman–Crippen MR) is 102 cm³/mol. The molecule has 0 aliphatic rings. The van der Waals surface area contributed by atoms with Crippen molar-refractivity contribution < 1.29 is 19.2 Å². The number of nitro groups is 1. The van der Waals surface area contributed by atoms with Crippen LogP contribution in [0, 0.1) is 21.4 Å². The van der Waals surface area contributed by atoms with Gasteiger partial charge in [-0.15, -0.1) is 0 Å². The lowest BCUT2D eigenvalue weighted by atomic mass is 10.2. The molecular weight excluding hydrogens is 388 g/mol. The van der Waals surface area contributed by atoms with Crippen molar-refractivity contribution in [2.75, 3.05) is 17.7 Å². The maximum Gasteiger partial charge on any atom is 0.339 e. The minimum atomic E-state index is -0.840. The van der Waals surface area contributed by atoms with Crippen LogP contribution in [0.2, 0.25) is 5.02 Å². The number of anilines is 2. The van der Waals surface area contributed by atoms with Crippen molar-refractivity contribution in [2.24, 2.45) is 0 Å². The standard InChI is InChI=1S/C18H13ClN4O5/c1-28-18(25)13-4-2-3-5-15(13)21-10-11(9-20)17(24)22-16-8-12(23(26)27)6-7-14(16)19/h2-8,10,21H,1H3,(H,22,24)/b11-10-. The lowest BCUT2D eigenvalue weighted by molar-refractivity contribution is -0.384. The number of amides is 1. The molecule has 0 radical (unpaired) electrons. The Kier molecular flexibility index (Phi) is 6.68. The van der Waals surface area contributed by atoms with Gasteiger partial charge in [-0.05, 0) is 18.2 Å². The molecule has 0 aliphatic heterocycles. The summed E-state index contributed by atoms with van der Waals surface area (Å²) >= 11 is 5.93. The van der Waals surface area contributed by atoms with Crippen molar-refractivity contribution in [3.63, 3.8) is 0 Å². The fourth-order valence-electron chi connectivity index (χ4n) is 2.11. The second-order valence-electron chi connectivity index (χ2n) is 5.23. The second kappa shape index (κ2) is 9.16. The number of nitro benzene ring substituents is 1. The molecule has 2 rings (SSSR count). The predicted octanol–water partition coefficient (Wildman–Crippen LogP) is 3.49. The number of nitrogens with one attached hydrogen (secondary N) is 2. The third-order valence-corrected chi connectivity index (χ3v) is 3.81. The number of benzene rings is 2. The topological polar surface area (TPSA) is 134 Å². The van der Waals surface area contributed by atoms with Gasteiger partial charge in [0.1, 0.15) is 11.6 Å². The number of hydrogen-bond donors (Lipinski definition) is 2. The summed E-state index contributed by atoms with van der Waals surface area (Å²) in [4.78, 5) is 34.3. The van der Waals surface area contributed by atoms with Crippen molar-refractivity contribution in [3.05, 3.63) is 74.9 Å². The van der Waals surface area contributed by atoms with E-state index in [9.17, 15) is 25.0 Å². The molecule has 0 fully saturated rings. The van der Waals surface area contributed by atoms with E-state index >= 15 is 0 Å². The first-order valence-corrected chi connectivity index (χ1v) is 8.04. The minimum absolute atomic E-state index is 0.0167. The quantitative estimate of drug-likeness (QED) is 0.249. The average molecular weight is 401 g/mol. The highest BCUT2D eigenvalue weighted by Gasteiger charge is 2.16. The minimum Gasteiger partial charge on any atom is -0.465 e. The van der Waals surface area contributed by atoms with Crippen LogP contribution in [0.3, 0.4) is 0 Å². The van der Waals surface area contributed by atoms with E-state index in [1.807, 2.05) is 0 Å². The first-order chi connectivity index (χ1) is 13.4. The van der Waals surface area contributed by atoms with Gasteiger partial charge in [-0.25, -0.2) is 4.79 Å². The van der Waals surface area contributed by atoms with E-state index < -0.39 is 16.8 Å². The Balaban J connectivity index is 2.24. The van der Waals surface area contributed by atoms with Gasteiger partial charge in [-0.2, -0.15) is 5.26 Å². The van der Waals surface area contributed by atoms with Gasteiger partial charge < -0.3 is 15.4 Å². The van der Waals surface area contributed by atoms with E-state index in [0.29, 0.717) is 5.69 Å². The van der Waals surface area contributed by atoms with E-state index in [2.05, 4.69) is 15.4 Å². The molecule has 10 heteroatoms. The monoisotopic (exact) mass is 400 g/mol. The van der Waals surface area contributed by atoms with Crippen LogP contribution in [-0.4, -0.2) is 23.9 Å². The molecule has 0 atom stereocenters. The summed E-state index contributed by atoms with van der Waals surface area (Å²) in [5.74, 6) is -1.43. The molecule has 2 aromatic carbocycles. The van der Waals surface area contributed by atoms with E-state index in [0.717, 1.165) is 12.3 Å². The number of halogens is 1. The summed E-state index contributed by atoms with van der Waals surface area (Å²) < 4.78 is 4.67. The molecule has 2 N–H and O–H groups in total. The third-order valence-electron chi connectivity index (χ3n) is 3.48. The Morgan fingerprint density at radius 1 is 1.25 bits per heavy atom. The molecule has 0 saturated carbocycles. The van der Waals surface area contributed by atoms with Gasteiger partial charge in [0.25, 0.3) is 11.6 Å². The van der Waals surface area contributed by atoms with Crippen molar-refractivity contribution in [1.82, 2.24) is 0 Å². The largest absolute Gasteiger partial charge is 0.465 e. The van der Waals surface area contributed by atoms with Gasteiger partial charge in [-0.1, -0.05) is 23.7 Å². The Bertz CT molecular complexity index is 1010. The van der Waals surface area contributed by atoms with E-state index in [-0.39, 0.29) is 27.5 Å². The first kappa shape index (κ1) is 20.4. The van der Waals surface area contributed by atoms with Gasteiger partial charge in [0.05, 0.1) is 34.0 Å². The summed E-state index contributed by atoms with van der Waals surface area (Å²) in [5, 5.41) is 25.2. The number of nitriles is 1. The van der Waals surface area contributed by atoms with E-state index in [1.165, 1.54) is 25.3 Å². The number of esters is 1. The van der Waals surface area contributed by atoms with Crippen LogP contribution in [-0.2, 0) is 9.53 Å². The average Bonchev–Trinajstić information content (AvgIpc) is 2.69. The smallest absolute Gasteiger partial charge is 0.339 e. The summed E-state index contributed by atoms with van der Waals surface area (Å²) in [7, 11) is 1.23. The zero-order chi connectivity index (χ0) is 20.7. The Morgan fingerprint density at radius 2 is 1.96 bits per heavy atom. The number of rotatable bonds is 6. The molecule has 2 aromatic rings. The van der Waals surface area contributed by atoms with Crippen LogP contribution in [0.15, 0.2) is 54.2 Å². The number of ether oxygens (including phenoxy) is 1. The van der Waals surface area contributed by atoms with Crippen LogP contribution in [0.25, 0.3) is 0 Å². The summed E-state index contributed by atoms with van der Waals surface area (Å²) in [5.41, 5.74) is -0.101. The highest BCUT2D eigenvalue weighted by molar-refractivity contribution is 6.34. The molecule has 1 amide bonds. The molecule has 0 aliphatic carbocycles. The molecule has 0 saturated heterocycles. The molecule has 0 heterocycles. The number of methoxy groups -OCH3 is 1. The summed E-state index contributed by atoms with van der Waals surface area (Å²) in [6, 6.07) is 11.6. The molecule has 28 heavy (non-hydrogen) atoms. The number of nitrogens with zero attached hydrogens (tertiary/aromatic N) is 2. The molecule has 9 nitrogen and oxygen atoms in total. The highest BCUT2D eigenvalue weighted by atomic mass is 35.5. The van der Waals surface area contributed by atoms with Crippen molar-refractivity contribution in [2.45, 2.75) is 0 Å². The lowest BCUT2D eigenvalue weighted by Gasteiger charge is -2.09. The van der Waals surface area contributed by atoms with Crippen molar-refractivity contribution in [1.29, 1.82) is 5.26 Å². The fraction of sp³-hybridized carbons (Fsp3) is 0.0556. The van der Waals surface area contributed by atoms with Gasteiger partial charge in [0.15, 0.2) is 0 Å². The Hall–Kier alpha value is -3.90. The number of carbonyl (C=O) groups is 2. The molecule has 0 aromatic heterocycles. The summed E-state index contributed by atoms with van der Waals surface area (Å²) in [6.45, 7) is 0. The normalized spacial score (nSPS) is 10.5. The number of hydrogen-bond acceptors (Lipinski definition) is 7. The zero-order valence-corrected chi connectivity index (χ0v) is 15.2. The molecular formula is C18H13ClN4O5. The van der Waals surface area contributed by atoms with Gasteiger partial charge in [-0.3, -0.25) is 14.9 Å². The fourth-order valence-corrected chi connectivity index (χ4v) is 2.27. The highest BCUT2D eigenvalue weighted by Crippen LogP contribution is 2.27. The van der Waals surface area contributed by atoms with Crippen LogP contribution in [0.1, 0.15) is 10.4 Å². The maximum absolute atomic E-state index is 12.3. The number of non-ortho nitro benzene ring substituents is 1. The molecule has 0 spiro atoms. The lowest BCUT2D eigenvalue weighted by Crippen LogP contribution is -2.15. The molecule has 0 bridgehead atoms. The second-order valence-corrected chi connectivity index (χ2v) is 5.63. The Morgan fingerprint density at radius 3 is 2.61 bits per heavy atom. The number of carbonyl (C=O) groups excluding carboxylic acids is 2. The van der Waals surface area contributed by atoms with Crippen LogP contribution in [0.4, 0.5) is 17.1 Å². The third kappa shape index (κ3) is 4.84. The molecule has 142 valence electrons. The Labute approximate surface area is 164 Å². The van der Waals surface area contributed by atoms with Gasteiger partial charge >= 0.3 is 5.97 Å². The zero-order valence-electron chi connectivity index (χ0n) is 14.4. The van der Waals surface area contributed by atoms with Gasteiger partial charge in [0.2, 0.25) is 0 Å². The SMILES string of the molecule is COC(=O)c1ccccc1N/C=C(/C#N)C(=O)Nc1cc([N+](=O)[O-])ccc1Cl. The van der Waals surface area contributed by atoms with E-state index in [1.54, 1.807) is 24.3 Å². The van der Waals surface area contributed by atoms with Crippen LogP contribution < -0.4 is 10.6 Å². The maximum atomic E-state index is 12.3. The molecule has 0 unspecified atom stereocenters. The van der Waals surface area contributed by atoms with E-state index in [4.69, 9.17) is 11.6 Å². The van der Waals surface area contributed by atoms with Crippen molar-refractivity contribution in [3.8, 4) is 6.07 Å². The van der Waals surface area contributed by atoms with Gasteiger partial charge in [0, 0.05) is 18.3 Å². The summed E-state index contributed by atoms with van der Waals surface area (Å²) in [6.07, 6.45) is 1.10. The first-order valence-electron chi connectivity index (χ1n) is 7.66. The number of para-hydroxylation sites is 1. The van der Waals surface area contributed by atoms with Crippen molar-refractivity contribution >= 4 is 40.5 Å².